The van der Waals surface area contributed by atoms with E-state index in [0.717, 1.165) is 60.3 Å². The number of likely N-dealkylation sites (N-methyl/N-ethyl adjacent to an activating group) is 1. The molecule has 1 saturated heterocycles. The Kier molecular flexibility index (Phi) is 5.55. The van der Waals surface area contributed by atoms with E-state index in [2.05, 4.69) is 35.1 Å². The van der Waals surface area contributed by atoms with Crippen LogP contribution >= 0.6 is 0 Å². The highest BCUT2D eigenvalue weighted by molar-refractivity contribution is 5.97. The lowest BCUT2D eigenvalue weighted by molar-refractivity contribution is -0.128. The molecule has 3 aromatic rings. The molecule has 32 heavy (non-hydrogen) atoms. The molecule has 0 radical (unpaired) electrons. The number of H-pyrrole nitrogens is 2. The molecule has 1 aromatic carbocycles. The van der Waals surface area contributed by atoms with Gasteiger partial charge in [-0.25, -0.2) is 0 Å². The summed E-state index contributed by atoms with van der Waals surface area (Å²) < 4.78 is 11.2. The Morgan fingerprint density at radius 1 is 1.34 bits per heavy atom. The molecule has 0 saturated carbocycles. The predicted molar refractivity (Wildman–Crippen MR) is 125 cm³/mol. The van der Waals surface area contributed by atoms with E-state index >= 15 is 0 Å². The Hall–Kier alpha value is -2.64. The first-order valence-corrected chi connectivity index (χ1v) is 11.5. The summed E-state index contributed by atoms with van der Waals surface area (Å²) in [5, 5.41) is 9.01. The number of nitrogens with zero attached hydrogens (tertiary/aromatic N) is 2. The van der Waals surface area contributed by atoms with E-state index in [1.54, 1.807) is 11.9 Å². The first-order chi connectivity index (χ1) is 15.4. The van der Waals surface area contributed by atoms with Gasteiger partial charge in [0.2, 0.25) is 0 Å². The monoisotopic (exact) mass is 436 g/mol. The van der Waals surface area contributed by atoms with Gasteiger partial charge in [0.1, 0.15) is 12.3 Å². The van der Waals surface area contributed by atoms with Gasteiger partial charge < -0.3 is 19.4 Å². The average molecular weight is 437 g/mol. The van der Waals surface area contributed by atoms with Gasteiger partial charge >= 0.3 is 0 Å². The fraction of sp³-hybridized carbons (Fsp3) is 0.520. The third-order valence-electron chi connectivity index (χ3n) is 6.84. The van der Waals surface area contributed by atoms with Gasteiger partial charge in [0.25, 0.3) is 5.91 Å². The number of fused-ring (bicyclic) bond motifs is 2. The first-order valence-electron chi connectivity index (χ1n) is 11.5. The number of nitrogens with one attached hydrogen (secondary N) is 2. The topological polar surface area (TPSA) is 83.2 Å². The van der Waals surface area contributed by atoms with Crippen molar-refractivity contribution < 1.29 is 14.3 Å². The zero-order valence-electron chi connectivity index (χ0n) is 19.2. The second-order valence-corrected chi connectivity index (χ2v) is 9.93. The maximum Gasteiger partial charge on any atom is 0.252 e. The standard InChI is InChI=1S/C25H32N4O3/c1-25(2)9-8-19-22(13-25)27-28-24(19)21-11-16-6-7-17(12-20(16)26-21)29(3)23(30)15-32-18-5-4-10-31-14-18/h6-7,11-12,18,26H,4-5,8-10,13-15H2,1-3H3,(H,27,28). The Morgan fingerprint density at radius 2 is 2.22 bits per heavy atom. The number of rotatable bonds is 5. The van der Waals surface area contributed by atoms with Gasteiger partial charge in [0.05, 0.1) is 18.4 Å². The van der Waals surface area contributed by atoms with Gasteiger partial charge in [-0.05, 0) is 55.7 Å². The van der Waals surface area contributed by atoms with Crippen molar-refractivity contribution in [3.63, 3.8) is 0 Å². The molecule has 7 heteroatoms. The van der Waals surface area contributed by atoms with Crippen molar-refractivity contribution in [2.75, 3.05) is 31.8 Å². The van der Waals surface area contributed by atoms with Crippen LogP contribution in [0.15, 0.2) is 24.3 Å². The van der Waals surface area contributed by atoms with Gasteiger partial charge in [0.15, 0.2) is 0 Å². The van der Waals surface area contributed by atoms with E-state index in [9.17, 15) is 4.79 Å². The third kappa shape index (κ3) is 4.19. The van der Waals surface area contributed by atoms with Crippen LogP contribution in [0.5, 0.6) is 0 Å². The highest BCUT2D eigenvalue weighted by Crippen LogP contribution is 2.38. The summed E-state index contributed by atoms with van der Waals surface area (Å²) in [4.78, 5) is 17.8. The second-order valence-electron chi connectivity index (χ2n) is 9.93. The predicted octanol–water partition coefficient (Wildman–Crippen LogP) is 4.23. The van der Waals surface area contributed by atoms with Gasteiger partial charge in [-0.15, -0.1) is 0 Å². The van der Waals surface area contributed by atoms with Crippen molar-refractivity contribution in [3.05, 3.63) is 35.5 Å². The van der Waals surface area contributed by atoms with Crippen LogP contribution in [0.4, 0.5) is 5.69 Å². The molecule has 0 spiro atoms. The van der Waals surface area contributed by atoms with Crippen LogP contribution in [0, 0.1) is 5.41 Å². The van der Waals surface area contributed by atoms with Crippen LogP contribution in [0.3, 0.4) is 0 Å². The summed E-state index contributed by atoms with van der Waals surface area (Å²) in [5.74, 6) is -0.0642. The largest absolute Gasteiger partial charge is 0.379 e. The minimum absolute atomic E-state index is 0.0138. The number of hydrogen-bond donors (Lipinski definition) is 2. The SMILES string of the molecule is CN(C(=O)COC1CCCOC1)c1ccc2cc(-c3n[nH]c4c3CCC(C)(C)C4)[nH]c2c1. The molecule has 0 bridgehead atoms. The molecule has 2 N–H and O–H groups in total. The number of amides is 1. The van der Waals surface area contributed by atoms with E-state index in [-0.39, 0.29) is 18.6 Å². The van der Waals surface area contributed by atoms with Crippen LogP contribution in [-0.4, -0.2) is 54.1 Å². The summed E-state index contributed by atoms with van der Waals surface area (Å²) in [5.41, 5.74) is 6.76. The minimum Gasteiger partial charge on any atom is -0.379 e. The van der Waals surface area contributed by atoms with Crippen molar-refractivity contribution in [2.45, 2.75) is 52.1 Å². The van der Waals surface area contributed by atoms with Crippen LogP contribution in [0.25, 0.3) is 22.3 Å². The summed E-state index contributed by atoms with van der Waals surface area (Å²) in [6.45, 7) is 6.04. The Morgan fingerprint density at radius 3 is 3.03 bits per heavy atom. The number of aromatic amines is 2. The molecule has 1 aliphatic carbocycles. The molecule has 3 heterocycles. The molecule has 170 valence electrons. The van der Waals surface area contributed by atoms with Gasteiger partial charge in [0, 0.05) is 41.5 Å². The number of benzene rings is 1. The molecule has 1 unspecified atom stereocenters. The molecule has 1 fully saturated rings. The van der Waals surface area contributed by atoms with Crippen molar-refractivity contribution in [1.82, 2.24) is 15.2 Å². The molecule has 1 aliphatic heterocycles. The fourth-order valence-electron chi connectivity index (χ4n) is 4.79. The Bertz CT molecular complexity index is 1120. The molecule has 5 rings (SSSR count). The first kappa shape index (κ1) is 21.2. The lowest BCUT2D eigenvalue weighted by Gasteiger charge is -2.28. The number of hydrogen-bond acceptors (Lipinski definition) is 4. The summed E-state index contributed by atoms with van der Waals surface area (Å²) in [6.07, 6.45) is 5.18. The summed E-state index contributed by atoms with van der Waals surface area (Å²) in [7, 11) is 1.79. The fourth-order valence-corrected chi connectivity index (χ4v) is 4.79. The van der Waals surface area contributed by atoms with Gasteiger partial charge in [-0.2, -0.15) is 5.10 Å². The van der Waals surface area contributed by atoms with Crippen LogP contribution in [-0.2, 0) is 27.1 Å². The van der Waals surface area contributed by atoms with E-state index in [1.165, 1.54) is 17.7 Å². The highest BCUT2D eigenvalue weighted by Gasteiger charge is 2.29. The Labute approximate surface area is 188 Å². The maximum atomic E-state index is 12.7. The normalized spacial score (nSPS) is 20.3. The van der Waals surface area contributed by atoms with E-state index in [1.807, 2.05) is 18.2 Å². The number of ether oxygens (including phenoxy) is 2. The number of anilines is 1. The third-order valence-corrected chi connectivity index (χ3v) is 6.84. The van der Waals surface area contributed by atoms with Crippen molar-refractivity contribution in [2.24, 2.45) is 5.41 Å². The number of carbonyl (C=O) groups is 1. The highest BCUT2D eigenvalue weighted by atomic mass is 16.5. The average Bonchev–Trinajstić information content (AvgIpc) is 3.39. The molecule has 1 amide bonds. The van der Waals surface area contributed by atoms with Crippen LogP contribution in [0.2, 0.25) is 0 Å². The molecule has 2 aromatic heterocycles. The van der Waals surface area contributed by atoms with E-state index in [0.29, 0.717) is 12.0 Å². The maximum absolute atomic E-state index is 12.7. The van der Waals surface area contributed by atoms with Crippen molar-refractivity contribution in [3.8, 4) is 11.4 Å². The molecular formula is C25H32N4O3. The van der Waals surface area contributed by atoms with Crippen LogP contribution in [0.1, 0.15) is 44.4 Å². The lowest BCUT2D eigenvalue weighted by Crippen LogP contribution is -2.34. The van der Waals surface area contributed by atoms with Gasteiger partial charge in [-0.3, -0.25) is 9.89 Å². The molecule has 2 aliphatic rings. The minimum atomic E-state index is -0.0642. The van der Waals surface area contributed by atoms with Crippen molar-refractivity contribution in [1.29, 1.82) is 0 Å². The smallest absolute Gasteiger partial charge is 0.252 e. The lowest BCUT2D eigenvalue weighted by atomic mass is 9.76. The zero-order valence-corrected chi connectivity index (χ0v) is 19.2. The molecule has 7 nitrogen and oxygen atoms in total. The number of carbonyl (C=O) groups excluding carboxylic acids is 1. The molecular weight excluding hydrogens is 404 g/mol. The summed E-state index contributed by atoms with van der Waals surface area (Å²) in [6, 6.07) is 8.18. The molecule has 1 atom stereocenters. The van der Waals surface area contributed by atoms with E-state index < -0.39 is 0 Å². The van der Waals surface area contributed by atoms with Gasteiger partial charge in [-0.1, -0.05) is 19.9 Å². The number of aromatic nitrogens is 3. The zero-order chi connectivity index (χ0) is 22.3. The summed E-state index contributed by atoms with van der Waals surface area (Å²) >= 11 is 0. The Balaban J connectivity index is 1.32. The second kappa shape index (κ2) is 8.37. The van der Waals surface area contributed by atoms with Crippen molar-refractivity contribution >= 4 is 22.5 Å². The van der Waals surface area contributed by atoms with E-state index in [4.69, 9.17) is 9.47 Å². The quantitative estimate of drug-likeness (QED) is 0.627. The van der Waals surface area contributed by atoms with Crippen LogP contribution < -0.4 is 4.90 Å².